The maximum Gasteiger partial charge on any atom is 0.156 e. The Balaban J connectivity index is 1.44. The first-order valence-corrected chi connectivity index (χ1v) is 10.5. The van der Waals surface area contributed by atoms with Crippen LogP contribution in [0.5, 0.6) is 0 Å². The van der Waals surface area contributed by atoms with Gasteiger partial charge in [0.05, 0.1) is 18.1 Å². The minimum absolute atomic E-state index is 0.667. The highest BCUT2D eigenvalue weighted by Gasteiger charge is 2.31. The Morgan fingerprint density at radius 2 is 1.96 bits per heavy atom. The number of hydrogen-bond donors (Lipinski definition) is 0. The summed E-state index contributed by atoms with van der Waals surface area (Å²) < 4.78 is 1.84. The first-order valence-electron chi connectivity index (χ1n) is 9.71. The van der Waals surface area contributed by atoms with Crippen molar-refractivity contribution in [2.75, 3.05) is 20.6 Å². The van der Waals surface area contributed by atoms with E-state index in [-0.39, 0.29) is 0 Å². The van der Waals surface area contributed by atoms with E-state index < -0.39 is 0 Å². The summed E-state index contributed by atoms with van der Waals surface area (Å²) in [5.41, 5.74) is 5.60. The number of aryl methyl sites for hydroxylation is 2. The van der Waals surface area contributed by atoms with Crippen molar-refractivity contribution in [2.45, 2.75) is 32.6 Å². The number of thiophene rings is 1. The molecule has 5 rings (SSSR count). The van der Waals surface area contributed by atoms with Crippen molar-refractivity contribution in [3.63, 3.8) is 0 Å². The van der Waals surface area contributed by atoms with Gasteiger partial charge >= 0.3 is 0 Å². The predicted octanol–water partition coefficient (Wildman–Crippen LogP) is 4.07. The van der Waals surface area contributed by atoms with Crippen LogP contribution in [0.2, 0.25) is 0 Å². The van der Waals surface area contributed by atoms with E-state index in [1.807, 2.05) is 29.9 Å². The van der Waals surface area contributed by atoms with Gasteiger partial charge in [0.15, 0.2) is 5.65 Å². The number of nitrogens with zero attached hydrogens (tertiary/aromatic N) is 6. The lowest BCUT2D eigenvalue weighted by atomic mass is 9.74. The summed E-state index contributed by atoms with van der Waals surface area (Å²) >= 11 is 1.79. The van der Waals surface area contributed by atoms with Gasteiger partial charge in [-0.15, -0.1) is 11.3 Å². The van der Waals surface area contributed by atoms with Gasteiger partial charge in [-0.2, -0.15) is 5.10 Å². The molecule has 6 nitrogen and oxygen atoms in total. The van der Waals surface area contributed by atoms with Crippen molar-refractivity contribution in [1.82, 2.24) is 29.5 Å². The minimum Gasteiger partial charge on any atom is -0.309 e. The predicted molar refractivity (Wildman–Crippen MR) is 113 cm³/mol. The van der Waals surface area contributed by atoms with Crippen LogP contribution in [0.3, 0.4) is 0 Å². The van der Waals surface area contributed by atoms with Crippen LogP contribution in [0.4, 0.5) is 0 Å². The van der Waals surface area contributed by atoms with Crippen molar-refractivity contribution in [1.29, 1.82) is 0 Å². The van der Waals surface area contributed by atoms with E-state index in [0.717, 1.165) is 44.6 Å². The summed E-state index contributed by atoms with van der Waals surface area (Å²) in [4.78, 5) is 18.8. The van der Waals surface area contributed by atoms with E-state index >= 15 is 0 Å². The second kappa shape index (κ2) is 6.60. The molecule has 0 N–H and O–H groups in total. The Kier molecular flexibility index (Phi) is 4.17. The Bertz CT molecular complexity index is 1170. The maximum atomic E-state index is 4.88. The summed E-state index contributed by atoms with van der Waals surface area (Å²) in [6.07, 6.45) is 6.33. The molecule has 0 radical (unpaired) electrons. The van der Waals surface area contributed by atoms with Crippen LogP contribution < -0.4 is 0 Å². The summed E-state index contributed by atoms with van der Waals surface area (Å²) in [6.45, 7) is 5.22. The summed E-state index contributed by atoms with van der Waals surface area (Å²) in [5, 5.41) is 4.69. The highest BCUT2D eigenvalue weighted by atomic mass is 32.1. The summed E-state index contributed by atoms with van der Waals surface area (Å²) in [6, 6.07) is 4.28. The smallest absolute Gasteiger partial charge is 0.156 e. The zero-order valence-corrected chi connectivity index (χ0v) is 17.5. The Morgan fingerprint density at radius 1 is 1.14 bits per heavy atom. The van der Waals surface area contributed by atoms with Gasteiger partial charge in [0.25, 0.3) is 0 Å². The highest BCUT2D eigenvalue weighted by molar-refractivity contribution is 7.18. The molecule has 0 aliphatic heterocycles. The second-order valence-corrected chi connectivity index (χ2v) is 9.32. The topological polar surface area (TPSA) is 59.2 Å². The lowest BCUT2D eigenvalue weighted by molar-refractivity contribution is 0.202. The molecule has 144 valence electrons. The molecule has 0 bridgehead atoms. The highest BCUT2D eigenvalue weighted by Crippen LogP contribution is 2.45. The third-order valence-corrected chi connectivity index (χ3v) is 6.69. The fourth-order valence-electron chi connectivity index (χ4n) is 4.16. The lowest BCUT2D eigenvalue weighted by Gasteiger charge is -2.36. The van der Waals surface area contributed by atoms with Gasteiger partial charge in [0.1, 0.15) is 21.7 Å². The lowest BCUT2D eigenvalue weighted by Crippen LogP contribution is -2.31. The fraction of sp³-hybridized carbons (Fsp3) is 0.429. The Morgan fingerprint density at radius 3 is 2.75 bits per heavy atom. The van der Waals surface area contributed by atoms with E-state index in [1.54, 1.807) is 11.3 Å². The molecule has 0 amide bonds. The van der Waals surface area contributed by atoms with Crippen LogP contribution in [0.25, 0.3) is 27.4 Å². The molecule has 7 heteroatoms. The van der Waals surface area contributed by atoms with E-state index in [2.05, 4.69) is 42.0 Å². The van der Waals surface area contributed by atoms with Gasteiger partial charge in [-0.3, -0.25) is 4.98 Å². The van der Waals surface area contributed by atoms with Gasteiger partial charge < -0.3 is 4.90 Å². The van der Waals surface area contributed by atoms with Crippen LogP contribution in [0.15, 0.2) is 24.5 Å². The molecule has 4 aromatic rings. The van der Waals surface area contributed by atoms with Crippen LogP contribution in [-0.2, 0) is 0 Å². The minimum atomic E-state index is 0.667. The average molecular weight is 393 g/mol. The second-order valence-electron chi connectivity index (χ2n) is 8.25. The number of rotatable bonds is 4. The molecule has 0 saturated heterocycles. The van der Waals surface area contributed by atoms with Gasteiger partial charge in [0.2, 0.25) is 0 Å². The monoisotopic (exact) mass is 392 g/mol. The zero-order chi connectivity index (χ0) is 19.4. The Hall–Kier alpha value is -2.38. The third-order valence-electron chi connectivity index (χ3n) is 5.51. The van der Waals surface area contributed by atoms with Gasteiger partial charge in [-0.1, -0.05) is 0 Å². The van der Waals surface area contributed by atoms with E-state index in [9.17, 15) is 0 Å². The molecule has 1 aliphatic carbocycles. The largest absolute Gasteiger partial charge is 0.309 e. The van der Waals surface area contributed by atoms with Crippen molar-refractivity contribution in [2.24, 2.45) is 5.92 Å². The van der Waals surface area contributed by atoms with Crippen molar-refractivity contribution in [3.8, 4) is 11.4 Å². The van der Waals surface area contributed by atoms with Crippen LogP contribution in [-0.4, -0.2) is 50.1 Å². The molecule has 4 aromatic heterocycles. The number of hydrogen-bond acceptors (Lipinski definition) is 6. The molecule has 0 unspecified atom stereocenters. The first kappa shape index (κ1) is 17.7. The zero-order valence-electron chi connectivity index (χ0n) is 16.7. The van der Waals surface area contributed by atoms with Gasteiger partial charge in [0, 0.05) is 11.4 Å². The maximum absolute atomic E-state index is 4.88. The van der Waals surface area contributed by atoms with Gasteiger partial charge in [-0.05, 0) is 70.3 Å². The molecule has 0 spiro atoms. The standard InChI is InChI=1S/C21H24N6S/c1-12-5-16(25-27-10-13(2)23-20(12)27)18-9-22-17-8-19(28-21(17)24-18)15-6-14(7-15)11-26(3)4/h5,8-10,14-15H,6-7,11H2,1-4H3. The third kappa shape index (κ3) is 3.08. The molecular weight excluding hydrogens is 368 g/mol. The fourth-order valence-corrected chi connectivity index (χ4v) is 5.27. The SMILES string of the molecule is Cc1cn2nc(-c3cnc4cc(C5CC(CN(C)C)C5)sc4n3)cc(C)c2n1. The Labute approximate surface area is 168 Å². The van der Waals surface area contributed by atoms with Crippen molar-refractivity contribution >= 4 is 27.3 Å². The molecule has 4 heterocycles. The van der Waals surface area contributed by atoms with E-state index in [1.165, 1.54) is 24.3 Å². The normalized spacial score (nSPS) is 19.6. The van der Waals surface area contributed by atoms with Crippen LogP contribution >= 0.6 is 11.3 Å². The molecule has 1 saturated carbocycles. The van der Waals surface area contributed by atoms with Crippen LogP contribution in [0, 0.1) is 19.8 Å². The quantitative estimate of drug-likeness (QED) is 0.524. The first-order chi connectivity index (χ1) is 13.5. The van der Waals surface area contributed by atoms with Crippen LogP contribution in [0.1, 0.15) is 34.9 Å². The molecule has 1 fully saturated rings. The molecule has 0 atom stereocenters. The number of imidazole rings is 1. The van der Waals surface area contributed by atoms with E-state index in [4.69, 9.17) is 10.1 Å². The molecule has 28 heavy (non-hydrogen) atoms. The van der Waals surface area contributed by atoms with E-state index in [0.29, 0.717) is 5.92 Å². The number of fused-ring (bicyclic) bond motifs is 2. The molecule has 1 aliphatic rings. The molecular formula is C21H24N6S. The van der Waals surface area contributed by atoms with Crippen molar-refractivity contribution in [3.05, 3.63) is 40.7 Å². The van der Waals surface area contributed by atoms with Gasteiger partial charge in [-0.25, -0.2) is 14.5 Å². The molecule has 0 aromatic carbocycles. The van der Waals surface area contributed by atoms with Crippen molar-refractivity contribution < 1.29 is 0 Å². The average Bonchev–Trinajstić information content (AvgIpc) is 3.19. The number of aromatic nitrogens is 5. The summed E-state index contributed by atoms with van der Waals surface area (Å²) in [5.74, 6) is 1.49. The summed E-state index contributed by atoms with van der Waals surface area (Å²) in [7, 11) is 4.31.